The molecule has 2 atom stereocenters. The van der Waals surface area contributed by atoms with Crippen molar-refractivity contribution < 1.29 is 17.6 Å². The van der Waals surface area contributed by atoms with Crippen LogP contribution in [-0.2, 0) is 6.18 Å². The Hall–Kier alpha value is -2.17. The van der Waals surface area contributed by atoms with Crippen LogP contribution in [0.25, 0.3) is 16.9 Å². The van der Waals surface area contributed by atoms with Crippen LogP contribution in [-0.4, -0.2) is 44.9 Å². The average Bonchev–Trinajstić information content (AvgIpc) is 3.04. The lowest BCUT2D eigenvalue weighted by Crippen LogP contribution is -2.45. The number of benzene rings is 1. The maximum Gasteiger partial charge on any atom is 0.435 e. The van der Waals surface area contributed by atoms with Gasteiger partial charge in [-0.2, -0.15) is 13.2 Å². The molecule has 2 N–H and O–H groups in total. The third-order valence-electron chi connectivity index (χ3n) is 4.49. The van der Waals surface area contributed by atoms with Gasteiger partial charge in [-0.15, -0.1) is 17.5 Å². The maximum atomic E-state index is 14.0. The van der Waals surface area contributed by atoms with Crippen LogP contribution in [0.1, 0.15) is 12.1 Å². The van der Waals surface area contributed by atoms with Gasteiger partial charge in [-0.1, -0.05) is 11.6 Å². The van der Waals surface area contributed by atoms with Gasteiger partial charge >= 0.3 is 6.18 Å². The molecule has 3 aromatic rings. The molecule has 2 aromatic heterocycles. The highest BCUT2D eigenvalue weighted by molar-refractivity contribution is 6.30. The summed E-state index contributed by atoms with van der Waals surface area (Å²) in [5.41, 5.74) is -0.968. The normalized spacial score (nSPS) is 19.8. The van der Waals surface area contributed by atoms with E-state index < -0.39 is 24.1 Å². The number of hydrogen-bond acceptors (Lipinski definition) is 5. The topological polar surface area (TPSA) is 67.1 Å². The number of hydrogen-bond donors (Lipinski definition) is 2. The largest absolute Gasteiger partial charge is 0.435 e. The number of rotatable bonds is 3. The fourth-order valence-corrected chi connectivity index (χ4v) is 3.22. The Labute approximate surface area is 174 Å². The lowest BCUT2D eigenvalue weighted by atomic mass is 10.1. The van der Waals surface area contributed by atoms with E-state index in [9.17, 15) is 17.6 Å². The van der Waals surface area contributed by atoms with E-state index in [0.29, 0.717) is 23.6 Å². The Morgan fingerprint density at radius 2 is 1.93 bits per heavy atom. The molecule has 29 heavy (non-hydrogen) atoms. The molecule has 0 bridgehead atoms. The van der Waals surface area contributed by atoms with Crippen molar-refractivity contribution in [3.05, 3.63) is 41.2 Å². The number of fused-ring (bicyclic) bond motifs is 1. The Morgan fingerprint density at radius 1 is 1.21 bits per heavy atom. The van der Waals surface area contributed by atoms with Crippen LogP contribution < -0.4 is 10.6 Å². The standard InChI is InChI=1S/C17H15ClF4N6.ClH/c18-10-3-1-9(2-4-10)15-26-14(17(20,21)22)13-8-24-16(27-28(13)15)25-12-5-6-23-7-11(12)19;/h1-4,8,11-12,23H,5-7H2,(H,25,27);1H/t11-,12-;/m1./s1. The van der Waals surface area contributed by atoms with Gasteiger partial charge in [0.05, 0.1) is 12.2 Å². The summed E-state index contributed by atoms with van der Waals surface area (Å²) in [4.78, 5) is 7.68. The summed E-state index contributed by atoms with van der Waals surface area (Å²) < 4.78 is 55.3. The molecule has 1 fully saturated rings. The zero-order valence-corrected chi connectivity index (χ0v) is 16.3. The predicted octanol–water partition coefficient (Wildman–Crippen LogP) is 4.00. The summed E-state index contributed by atoms with van der Waals surface area (Å²) >= 11 is 5.86. The molecule has 6 nitrogen and oxygen atoms in total. The highest BCUT2D eigenvalue weighted by Gasteiger charge is 2.38. The molecule has 0 unspecified atom stereocenters. The van der Waals surface area contributed by atoms with E-state index >= 15 is 0 Å². The number of nitrogens with zero attached hydrogens (tertiary/aromatic N) is 4. The van der Waals surface area contributed by atoms with Crippen molar-refractivity contribution in [3.63, 3.8) is 0 Å². The van der Waals surface area contributed by atoms with Crippen LogP contribution in [0.5, 0.6) is 0 Å². The van der Waals surface area contributed by atoms with Gasteiger partial charge in [0.2, 0.25) is 5.95 Å². The molecule has 1 aromatic carbocycles. The van der Waals surface area contributed by atoms with E-state index in [-0.39, 0.29) is 36.2 Å². The Kier molecular flexibility index (Phi) is 6.16. The average molecular weight is 451 g/mol. The van der Waals surface area contributed by atoms with Crippen molar-refractivity contribution in [1.82, 2.24) is 24.9 Å². The van der Waals surface area contributed by atoms with Gasteiger partial charge in [0.25, 0.3) is 0 Å². The fraction of sp³-hybridized carbons (Fsp3) is 0.353. The second kappa shape index (κ2) is 8.29. The summed E-state index contributed by atoms with van der Waals surface area (Å²) in [7, 11) is 0. The Balaban J connectivity index is 0.00000240. The molecule has 4 rings (SSSR count). The molecular weight excluding hydrogens is 435 g/mol. The molecule has 0 spiro atoms. The summed E-state index contributed by atoms with van der Waals surface area (Å²) in [5.74, 6) is 0.0231. The van der Waals surface area contributed by atoms with E-state index in [2.05, 4.69) is 25.7 Å². The molecule has 0 aliphatic carbocycles. The molecule has 156 valence electrons. The summed E-state index contributed by atoms with van der Waals surface area (Å²) in [6.07, 6.45) is -4.28. The highest BCUT2D eigenvalue weighted by Crippen LogP contribution is 2.34. The van der Waals surface area contributed by atoms with Crippen LogP contribution >= 0.6 is 24.0 Å². The number of alkyl halides is 4. The van der Waals surface area contributed by atoms with Crippen LogP contribution in [0.2, 0.25) is 5.02 Å². The number of imidazole rings is 1. The first kappa shape index (κ1) is 21.5. The van der Waals surface area contributed by atoms with Crippen molar-refractivity contribution >= 4 is 35.5 Å². The molecule has 3 heterocycles. The smallest absolute Gasteiger partial charge is 0.347 e. The van der Waals surface area contributed by atoms with Crippen molar-refractivity contribution in [2.24, 2.45) is 0 Å². The summed E-state index contributed by atoms with van der Waals surface area (Å²) in [6.45, 7) is 0.818. The maximum absolute atomic E-state index is 14.0. The molecule has 0 amide bonds. The zero-order valence-electron chi connectivity index (χ0n) is 14.7. The zero-order chi connectivity index (χ0) is 19.9. The monoisotopic (exact) mass is 450 g/mol. The third kappa shape index (κ3) is 4.39. The number of halogens is 6. The molecule has 0 saturated carbocycles. The SMILES string of the molecule is Cl.F[C@@H]1CNCC[C@H]1Nc1ncc2c(C(F)(F)F)nc(-c3ccc(Cl)cc3)n2n1. The van der Waals surface area contributed by atoms with Crippen LogP contribution in [0, 0.1) is 0 Å². The lowest BCUT2D eigenvalue weighted by molar-refractivity contribution is -0.139. The first-order valence-electron chi connectivity index (χ1n) is 8.53. The van der Waals surface area contributed by atoms with Gasteiger partial charge in [-0.3, -0.25) is 0 Å². The fourth-order valence-electron chi connectivity index (χ4n) is 3.09. The number of nitrogens with one attached hydrogen (secondary N) is 2. The minimum atomic E-state index is -4.67. The second-order valence-electron chi connectivity index (χ2n) is 6.43. The van der Waals surface area contributed by atoms with Gasteiger partial charge in [0.15, 0.2) is 11.5 Å². The van der Waals surface area contributed by atoms with Crippen LogP contribution in [0.4, 0.5) is 23.5 Å². The Bertz CT molecular complexity index is 992. The van der Waals surface area contributed by atoms with Crippen molar-refractivity contribution in [1.29, 1.82) is 0 Å². The number of piperidine rings is 1. The highest BCUT2D eigenvalue weighted by atomic mass is 35.5. The minimum absolute atomic E-state index is 0. The van der Waals surface area contributed by atoms with Gasteiger partial charge in [0, 0.05) is 17.1 Å². The molecular formula is C17H16Cl2F4N6. The van der Waals surface area contributed by atoms with E-state index in [1.807, 2.05) is 0 Å². The Morgan fingerprint density at radius 3 is 2.59 bits per heavy atom. The molecule has 1 saturated heterocycles. The van der Waals surface area contributed by atoms with Crippen molar-refractivity contribution in [2.45, 2.75) is 24.8 Å². The van der Waals surface area contributed by atoms with E-state index in [1.165, 1.54) is 0 Å². The van der Waals surface area contributed by atoms with Gasteiger partial charge in [-0.05, 0) is 37.2 Å². The van der Waals surface area contributed by atoms with Crippen LogP contribution in [0.3, 0.4) is 0 Å². The third-order valence-corrected chi connectivity index (χ3v) is 4.74. The number of aromatic nitrogens is 4. The van der Waals surface area contributed by atoms with Gasteiger partial charge in [0.1, 0.15) is 11.7 Å². The van der Waals surface area contributed by atoms with E-state index in [4.69, 9.17) is 11.6 Å². The predicted molar refractivity (Wildman–Crippen MR) is 103 cm³/mol. The first-order valence-corrected chi connectivity index (χ1v) is 8.91. The van der Waals surface area contributed by atoms with E-state index in [0.717, 1.165) is 10.7 Å². The second-order valence-corrected chi connectivity index (χ2v) is 6.86. The molecule has 12 heteroatoms. The minimum Gasteiger partial charge on any atom is -0.347 e. The van der Waals surface area contributed by atoms with Crippen LogP contribution in [0.15, 0.2) is 30.5 Å². The number of anilines is 1. The van der Waals surface area contributed by atoms with Gasteiger partial charge in [-0.25, -0.2) is 18.9 Å². The van der Waals surface area contributed by atoms with Gasteiger partial charge < -0.3 is 10.6 Å². The van der Waals surface area contributed by atoms with Crippen molar-refractivity contribution in [3.8, 4) is 11.4 Å². The quantitative estimate of drug-likeness (QED) is 0.590. The lowest BCUT2D eigenvalue weighted by Gasteiger charge is -2.27. The van der Waals surface area contributed by atoms with Crippen molar-refractivity contribution in [2.75, 3.05) is 18.4 Å². The summed E-state index contributed by atoms with van der Waals surface area (Å²) in [5, 5.41) is 10.4. The molecule has 1 aliphatic rings. The molecule has 1 aliphatic heterocycles. The van der Waals surface area contributed by atoms with E-state index in [1.54, 1.807) is 24.3 Å². The summed E-state index contributed by atoms with van der Waals surface area (Å²) in [6, 6.07) is 5.68. The first-order chi connectivity index (χ1) is 13.3. The molecule has 0 radical (unpaired) electrons.